The molecule has 194 valence electrons. The number of ketones is 2. The highest BCUT2D eigenvalue weighted by Crippen LogP contribution is 2.62. The third-order valence-electron chi connectivity index (χ3n) is 8.46. The molecule has 2 aliphatic rings. The summed E-state index contributed by atoms with van der Waals surface area (Å²) in [6.07, 6.45) is 7.37. The van der Waals surface area contributed by atoms with Gasteiger partial charge >= 0.3 is 0 Å². The number of carbonyl (C=O) groups is 2. The fourth-order valence-electron chi connectivity index (χ4n) is 6.90. The van der Waals surface area contributed by atoms with Crippen molar-refractivity contribution < 1.29 is 14.0 Å². The molecule has 2 fully saturated rings. The standard InChI is InChI=1S/C32H30ClFN2O2/c1-20(37)12-22-14-32(15-22)16-23(17-32)13-30(38)26-10-11-28(33)27-18-35-36(31(26)27)19-21-6-8-24(9-7-21)25-4-2-3-5-29(25)34/h2-11,18,22-23H,12-17,19H2,1H3. The van der Waals surface area contributed by atoms with Crippen molar-refractivity contribution in [2.45, 2.75) is 52.0 Å². The first-order valence-corrected chi connectivity index (χ1v) is 13.7. The molecule has 0 saturated heterocycles. The van der Waals surface area contributed by atoms with E-state index in [0.717, 1.165) is 47.7 Å². The zero-order valence-corrected chi connectivity index (χ0v) is 22.2. The van der Waals surface area contributed by atoms with Crippen molar-refractivity contribution in [1.29, 1.82) is 0 Å². The van der Waals surface area contributed by atoms with Gasteiger partial charge in [0.25, 0.3) is 0 Å². The molecule has 0 radical (unpaired) electrons. The maximum atomic E-state index is 14.2. The summed E-state index contributed by atoms with van der Waals surface area (Å²) in [5.74, 6) is 1.09. The van der Waals surface area contributed by atoms with Crippen LogP contribution in [-0.2, 0) is 11.3 Å². The van der Waals surface area contributed by atoms with Crippen molar-refractivity contribution in [1.82, 2.24) is 9.78 Å². The third-order valence-corrected chi connectivity index (χ3v) is 8.79. The molecule has 0 N–H and O–H groups in total. The molecule has 38 heavy (non-hydrogen) atoms. The van der Waals surface area contributed by atoms with E-state index < -0.39 is 0 Å². The molecule has 2 aliphatic carbocycles. The van der Waals surface area contributed by atoms with Crippen LogP contribution in [0.3, 0.4) is 0 Å². The molecule has 3 aromatic carbocycles. The summed E-state index contributed by atoms with van der Waals surface area (Å²) in [5.41, 5.74) is 4.18. The molecule has 4 nitrogen and oxygen atoms in total. The lowest BCUT2D eigenvalue weighted by Crippen LogP contribution is -2.48. The molecule has 0 aliphatic heterocycles. The summed E-state index contributed by atoms with van der Waals surface area (Å²) in [5, 5.41) is 5.92. The monoisotopic (exact) mass is 528 g/mol. The zero-order chi connectivity index (χ0) is 26.4. The van der Waals surface area contributed by atoms with Gasteiger partial charge < -0.3 is 4.79 Å². The Morgan fingerprint density at radius 2 is 1.66 bits per heavy atom. The van der Waals surface area contributed by atoms with E-state index in [2.05, 4.69) is 5.10 Å². The molecule has 2 saturated carbocycles. The lowest BCUT2D eigenvalue weighted by molar-refractivity contribution is -0.123. The number of carbonyl (C=O) groups excluding carboxylic acids is 2. The van der Waals surface area contributed by atoms with Crippen LogP contribution in [0.5, 0.6) is 0 Å². The average Bonchev–Trinajstić information content (AvgIpc) is 3.26. The molecule has 0 amide bonds. The second-order valence-electron chi connectivity index (χ2n) is 11.4. The number of Topliss-reactive ketones (excluding diaryl/α,β-unsaturated/α-hetero) is 2. The van der Waals surface area contributed by atoms with Gasteiger partial charge in [-0.15, -0.1) is 0 Å². The minimum atomic E-state index is -0.248. The van der Waals surface area contributed by atoms with Crippen molar-refractivity contribution in [2.24, 2.45) is 17.3 Å². The van der Waals surface area contributed by atoms with Crippen LogP contribution >= 0.6 is 11.6 Å². The summed E-state index contributed by atoms with van der Waals surface area (Å²) in [6, 6.07) is 18.1. The van der Waals surface area contributed by atoms with E-state index in [9.17, 15) is 14.0 Å². The maximum Gasteiger partial charge on any atom is 0.165 e. The van der Waals surface area contributed by atoms with Crippen LogP contribution in [-0.4, -0.2) is 21.3 Å². The smallest absolute Gasteiger partial charge is 0.165 e. The van der Waals surface area contributed by atoms with Gasteiger partial charge in [0, 0.05) is 29.4 Å². The summed E-state index contributed by atoms with van der Waals surface area (Å²) in [7, 11) is 0. The number of aromatic nitrogens is 2. The number of nitrogens with zero attached hydrogens (tertiary/aromatic N) is 2. The van der Waals surface area contributed by atoms with E-state index in [4.69, 9.17) is 11.6 Å². The van der Waals surface area contributed by atoms with E-state index in [1.165, 1.54) is 6.07 Å². The third kappa shape index (κ3) is 4.69. The fourth-order valence-corrected chi connectivity index (χ4v) is 7.10. The molecular weight excluding hydrogens is 499 g/mol. The van der Waals surface area contributed by atoms with E-state index >= 15 is 0 Å². The average molecular weight is 529 g/mol. The van der Waals surface area contributed by atoms with Gasteiger partial charge in [0.2, 0.25) is 0 Å². The van der Waals surface area contributed by atoms with Gasteiger partial charge in [0.05, 0.1) is 23.3 Å². The van der Waals surface area contributed by atoms with E-state index in [0.29, 0.717) is 52.8 Å². The molecule has 1 spiro atoms. The Kier molecular flexibility index (Phi) is 6.43. The normalized spacial score (nSPS) is 22.3. The zero-order valence-electron chi connectivity index (χ0n) is 21.4. The van der Waals surface area contributed by atoms with Crippen LogP contribution in [0.25, 0.3) is 22.0 Å². The minimum Gasteiger partial charge on any atom is -0.300 e. The van der Waals surface area contributed by atoms with Gasteiger partial charge in [-0.05, 0) is 79.2 Å². The molecule has 4 aromatic rings. The number of benzene rings is 3. The first kappa shape index (κ1) is 25.0. The van der Waals surface area contributed by atoms with Gasteiger partial charge in [0.15, 0.2) is 5.78 Å². The lowest BCUT2D eigenvalue weighted by Gasteiger charge is -2.58. The fraction of sp³-hybridized carbons (Fsp3) is 0.344. The lowest BCUT2D eigenvalue weighted by atomic mass is 9.47. The summed E-state index contributed by atoms with van der Waals surface area (Å²) >= 11 is 6.49. The molecule has 0 atom stereocenters. The molecule has 6 heteroatoms. The van der Waals surface area contributed by atoms with Gasteiger partial charge in [-0.3, -0.25) is 9.48 Å². The van der Waals surface area contributed by atoms with Crippen LogP contribution in [0, 0.1) is 23.1 Å². The van der Waals surface area contributed by atoms with E-state index in [1.54, 1.807) is 31.3 Å². The predicted molar refractivity (Wildman–Crippen MR) is 148 cm³/mol. The second kappa shape index (κ2) is 9.77. The molecule has 6 rings (SSSR count). The summed E-state index contributed by atoms with van der Waals surface area (Å²) in [6.45, 7) is 2.15. The summed E-state index contributed by atoms with van der Waals surface area (Å²) in [4.78, 5) is 24.9. The maximum absolute atomic E-state index is 14.2. The van der Waals surface area contributed by atoms with Gasteiger partial charge in [-0.25, -0.2) is 4.39 Å². The van der Waals surface area contributed by atoms with Crippen molar-refractivity contribution in [3.63, 3.8) is 0 Å². The van der Waals surface area contributed by atoms with Crippen molar-refractivity contribution in [2.75, 3.05) is 0 Å². The van der Waals surface area contributed by atoms with Crippen LogP contribution < -0.4 is 0 Å². The van der Waals surface area contributed by atoms with Gasteiger partial charge in [-0.2, -0.15) is 5.10 Å². The second-order valence-corrected chi connectivity index (χ2v) is 11.8. The highest BCUT2D eigenvalue weighted by molar-refractivity contribution is 6.36. The topological polar surface area (TPSA) is 52.0 Å². The van der Waals surface area contributed by atoms with Gasteiger partial charge in [0.1, 0.15) is 11.6 Å². The van der Waals surface area contributed by atoms with E-state index in [-0.39, 0.29) is 17.4 Å². The Morgan fingerprint density at radius 3 is 2.34 bits per heavy atom. The quantitative estimate of drug-likeness (QED) is 0.218. The Bertz CT molecular complexity index is 1530. The Hall–Kier alpha value is -3.31. The number of rotatable bonds is 8. The molecule has 0 bridgehead atoms. The van der Waals surface area contributed by atoms with E-state index in [1.807, 2.05) is 41.1 Å². The van der Waals surface area contributed by atoms with Gasteiger partial charge in [-0.1, -0.05) is 54.1 Å². The van der Waals surface area contributed by atoms with Crippen LogP contribution in [0.1, 0.15) is 61.4 Å². The minimum absolute atomic E-state index is 0.128. The first-order chi connectivity index (χ1) is 18.3. The van der Waals surface area contributed by atoms with Crippen molar-refractivity contribution >= 4 is 34.1 Å². The van der Waals surface area contributed by atoms with Crippen LogP contribution in [0.15, 0.2) is 66.9 Å². The van der Waals surface area contributed by atoms with Crippen molar-refractivity contribution in [3.05, 3.63) is 88.8 Å². The first-order valence-electron chi connectivity index (χ1n) is 13.3. The predicted octanol–water partition coefficient (Wildman–Crippen LogP) is 7.90. The molecular formula is C32H30ClFN2O2. The molecule has 0 unspecified atom stereocenters. The number of halogens is 2. The number of fused-ring (bicyclic) bond motifs is 1. The molecule has 1 aromatic heterocycles. The van der Waals surface area contributed by atoms with Crippen LogP contribution in [0.2, 0.25) is 5.02 Å². The number of hydrogen-bond acceptors (Lipinski definition) is 3. The Morgan fingerprint density at radius 1 is 0.974 bits per heavy atom. The Labute approximate surface area is 226 Å². The number of hydrogen-bond donors (Lipinski definition) is 0. The highest BCUT2D eigenvalue weighted by Gasteiger charge is 2.52. The highest BCUT2D eigenvalue weighted by atomic mass is 35.5. The Balaban J connectivity index is 1.17. The SMILES string of the molecule is CC(=O)CC1CC2(C1)CC(CC(=O)c1ccc(Cl)c3cnn(Cc4ccc(-c5ccccc5F)cc4)c13)C2. The summed E-state index contributed by atoms with van der Waals surface area (Å²) < 4.78 is 16.0. The van der Waals surface area contributed by atoms with Crippen molar-refractivity contribution in [3.8, 4) is 11.1 Å². The largest absolute Gasteiger partial charge is 0.300 e. The molecule has 1 heterocycles. The van der Waals surface area contributed by atoms with Crippen LogP contribution in [0.4, 0.5) is 4.39 Å².